The van der Waals surface area contributed by atoms with E-state index in [1.807, 2.05) is 56.3 Å². The Balaban J connectivity index is 1.25. The molecule has 3 heterocycles. The van der Waals surface area contributed by atoms with E-state index < -0.39 is 0 Å². The summed E-state index contributed by atoms with van der Waals surface area (Å²) in [4.78, 5) is 25.8. The number of benzene rings is 2. The molecule has 0 spiro atoms. The van der Waals surface area contributed by atoms with Crippen LogP contribution in [0.3, 0.4) is 0 Å². The maximum absolute atomic E-state index is 12.6. The molecule has 2 aromatic carbocycles. The zero-order valence-electron chi connectivity index (χ0n) is 18.6. The number of aryl methyl sites for hydroxylation is 2. The van der Waals surface area contributed by atoms with Crippen molar-refractivity contribution in [3.8, 4) is 11.5 Å². The van der Waals surface area contributed by atoms with Crippen LogP contribution in [-0.2, 0) is 0 Å². The molecule has 1 aliphatic rings. The van der Waals surface area contributed by atoms with Crippen molar-refractivity contribution >= 4 is 34.7 Å². The van der Waals surface area contributed by atoms with Crippen molar-refractivity contribution in [3.63, 3.8) is 0 Å². The molecule has 0 unspecified atom stereocenters. The highest BCUT2D eigenvalue weighted by atomic mass is 16.7. The normalized spacial score (nSPS) is 11.7. The summed E-state index contributed by atoms with van der Waals surface area (Å²) in [6.45, 7) is 4.00. The predicted molar refractivity (Wildman–Crippen MR) is 129 cm³/mol. The Labute approximate surface area is 196 Å². The van der Waals surface area contributed by atoms with Gasteiger partial charge in [-0.05, 0) is 74.0 Å². The zero-order chi connectivity index (χ0) is 23.5. The summed E-state index contributed by atoms with van der Waals surface area (Å²) in [5.41, 5.74) is 3.08. The molecular formula is C25H22N6O3. The number of carbonyl (C=O) groups is 1. The van der Waals surface area contributed by atoms with Crippen molar-refractivity contribution < 1.29 is 14.3 Å². The van der Waals surface area contributed by atoms with Gasteiger partial charge >= 0.3 is 0 Å². The first-order valence-corrected chi connectivity index (χ1v) is 10.7. The number of anilines is 5. The van der Waals surface area contributed by atoms with Gasteiger partial charge in [-0.2, -0.15) is 0 Å². The monoisotopic (exact) mass is 454 g/mol. The lowest BCUT2D eigenvalue weighted by molar-refractivity contribution is 0.102. The van der Waals surface area contributed by atoms with Crippen molar-refractivity contribution in [1.82, 2.24) is 15.0 Å². The molecule has 2 aromatic heterocycles. The first-order valence-electron chi connectivity index (χ1n) is 10.7. The Morgan fingerprint density at radius 3 is 2.32 bits per heavy atom. The van der Waals surface area contributed by atoms with Crippen LogP contribution in [0, 0.1) is 13.8 Å². The van der Waals surface area contributed by atoms with Crippen LogP contribution < -0.4 is 25.4 Å². The number of rotatable bonds is 6. The minimum absolute atomic E-state index is 0.168. The summed E-state index contributed by atoms with van der Waals surface area (Å²) in [5.74, 6) is 3.59. The van der Waals surface area contributed by atoms with Crippen molar-refractivity contribution in [1.29, 1.82) is 0 Å². The highest BCUT2D eigenvalue weighted by Gasteiger charge is 2.16. The second-order valence-electron chi connectivity index (χ2n) is 7.75. The molecule has 0 saturated carbocycles. The van der Waals surface area contributed by atoms with Crippen LogP contribution in [0.15, 0.2) is 66.9 Å². The fourth-order valence-electron chi connectivity index (χ4n) is 3.46. The van der Waals surface area contributed by atoms with E-state index in [1.165, 1.54) is 0 Å². The average molecular weight is 454 g/mol. The Morgan fingerprint density at radius 2 is 1.53 bits per heavy atom. The highest BCUT2D eigenvalue weighted by Crippen LogP contribution is 2.32. The SMILES string of the molecule is Cc1ccnc(Nc2cc(Nc3ccc(NC(=O)c4ccc5c(c4)OCO5)cc3)nc(C)n2)c1. The van der Waals surface area contributed by atoms with Crippen molar-refractivity contribution in [2.24, 2.45) is 0 Å². The molecule has 4 aromatic rings. The minimum Gasteiger partial charge on any atom is -0.454 e. The van der Waals surface area contributed by atoms with Gasteiger partial charge in [-0.25, -0.2) is 15.0 Å². The van der Waals surface area contributed by atoms with E-state index in [1.54, 1.807) is 24.4 Å². The van der Waals surface area contributed by atoms with Crippen LogP contribution in [0.25, 0.3) is 0 Å². The number of carbonyl (C=O) groups excluding carboxylic acids is 1. The summed E-state index contributed by atoms with van der Waals surface area (Å²) in [5, 5.41) is 9.36. The number of aromatic nitrogens is 3. The fraction of sp³-hybridized carbons (Fsp3) is 0.120. The van der Waals surface area contributed by atoms with Gasteiger partial charge in [0.15, 0.2) is 11.5 Å². The molecule has 1 aliphatic heterocycles. The van der Waals surface area contributed by atoms with E-state index in [2.05, 4.69) is 30.9 Å². The molecule has 9 nitrogen and oxygen atoms in total. The number of nitrogens with one attached hydrogen (secondary N) is 3. The fourth-order valence-corrected chi connectivity index (χ4v) is 3.46. The standard InChI is InChI=1S/C25H22N6O3/c1-15-9-10-26-22(11-15)31-24-13-23(27-16(2)28-24)29-18-4-6-19(7-5-18)30-25(32)17-3-8-20-21(12-17)34-14-33-20/h3-13H,14H2,1-2H3,(H,30,32)(H2,26,27,28,29,31). The van der Waals surface area contributed by atoms with Crippen LogP contribution in [0.1, 0.15) is 21.7 Å². The number of pyridine rings is 1. The molecule has 1 amide bonds. The number of hydrogen-bond acceptors (Lipinski definition) is 8. The van der Waals surface area contributed by atoms with Gasteiger partial charge in [0.05, 0.1) is 0 Å². The van der Waals surface area contributed by atoms with Crippen molar-refractivity contribution in [3.05, 3.63) is 83.8 Å². The largest absolute Gasteiger partial charge is 0.454 e. The van der Waals surface area contributed by atoms with Gasteiger partial charge in [0, 0.05) is 29.2 Å². The van der Waals surface area contributed by atoms with Crippen LogP contribution in [0.2, 0.25) is 0 Å². The molecular weight excluding hydrogens is 432 g/mol. The van der Waals surface area contributed by atoms with E-state index in [0.717, 1.165) is 11.3 Å². The minimum atomic E-state index is -0.231. The summed E-state index contributed by atoms with van der Waals surface area (Å²) in [6, 6.07) is 18.2. The average Bonchev–Trinajstić information content (AvgIpc) is 3.28. The van der Waals surface area contributed by atoms with Gasteiger partial charge in [0.25, 0.3) is 5.91 Å². The molecule has 0 bridgehead atoms. The maximum Gasteiger partial charge on any atom is 0.255 e. The highest BCUT2D eigenvalue weighted by molar-refractivity contribution is 6.04. The van der Waals surface area contributed by atoms with Crippen molar-refractivity contribution in [2.75, 3.05) is 22.7 Å². The van der Waals surface area contributed by atoms with Crippen LogP contribution in [0.4, 0.5) is 28.8 Å². The molecule has 9 heteroatoms. The quantitative estimate of drug-likeness (QED) is 0.375. The third kappa shape index (κ3) is 4.88. The van der Waals surface area contributed by atoms with E-state index in [4.69, 9.17) is 9.47 Å². The van der Waals surface area contributed by atoms with Gasteiger partial charge in [-0.1, -0.05) is 0 Å². The summed E-state index contributed by atoms with van der Waals surface area (Å²) >= 11 is 0. The first kappa shape index (κ1) is 21.2. The summed E-state index contributed by atoms with van der Waals surface area (Å²) in [7, 11) is 0. The van der Waals surface area contributed by atoms with Gasteiger partial charge in [0.2, 0.25) is 6.79 Å². The second-order valence-corrected chi connectivity index (χ2v) is 7.75. The Morgan fingerprint density at radius 1 is 0.794 bits per heavy atom. The lowest BCUT2D eigenvalue weighted by Crippen LogP contribution is -2.11. The summed E-state index contributed by atoms with van der Waals surface area (Å²) < 4.78 is 10.6. The predicted octanol–water partition coefficient (Wildman–Crippen LogP) is 4.96. The molecule has 5 rings (SSSR count). The Hall–Kier alpha value is -4.66. The Bertz CT molecular complexity index is 1360. The zero-order valence-corrected chi connectivity index (χ0v) is 18.6. The number of hydrogen-bond donors (Lipinski definition) is 3. The van der Waals surface area contributed by atoms with Crippen LogP contribution in [0.5, 0.6) is 11.5 Å². The summed E-state index contributed by atoms with van der Waals surface area (Å²) in [6.07, 6.45) is 1.75. The van der Waals surface area contributed by atoms with E-state index in [-0.39, 0.29) is 12.7 Å². The number of ether oxygens (including phenoxy) is 2. The van der Waals surface area contributed by atoms with E-state index in [9.17, 15) is 4.79 Å². The number of nitrogens with zero attached hydrogens (tertiary/aromatic N) is 3. The third-order valence-corrected chi connectivity index (χ3v) is 5.06. The van der Waals surface area contributed by atoms with Gasteiger partial charge in [0.1, 0.15) is 23.3 Å². The molecule has 34 heavy (non-hydrogen) atoms. The third-order valence-electron chi connectivity index (χ3n) is 5.06. The smallest absolute Gasteiger partial charge is 0.255 e. The van der Waals surface area contributed by atoms with E-state index >= 15 is 0 Å². The van der Waals surface area contributed by atoms with Crippen LogP contribution >= 0.6 is 0 Å². The van der Waals surface area contributed by atoms with Crippen molar-refractivity contribution in [2.45, 2.75) is 13.8 Å². The molecule has 170 valence electrons. The van der Waals surface area contributed by atoms with Crippen LogP contribution in [-0.4, -0.2) is 27.7 Å². The molecule has 0 saturated heterocycles. The molecule has 0 radical (unpaired) electrons. The van der Waals surface area contributed by atoms with Gasteiger partial charge in [-0.15, -0.1) is 0 Å². The molecule has 0 atom stereocenters. The Kier molecular flexibility index (Phi) is 5.65. The van der Waals surface area contributed by atoms with E-state index in [0.29, 0.717) is 46.0 Å². The van der Waals surface area contributed by atoms with Gasteiger partial charge < -0.3 is 25.4 Å². The topological polar surface area (TPSA) is 110 Å². The second kappa shape index (κ2) is 9.07. The number of fused-ring (bicyclic) bond motifs is 1. The molecule has 0 aliphatic carbocycles. The molecule has 0 fully saturated rings. The maximum atomic E-state index is 12.6. The first-order chi connectivity index (χ1) is 16.5. The van der Waals surface area contributed by atoms with Gasteiger partial charge in [-0.3, -0.25) is 4.79 Å². The number of amides is 1. The lowest BCUT2D eigenvalue weighted by Gasteiger charge is -2.11. The molecule has 3 N–H and O–H groups in total. The lowest BCUT2D eigenvalue weighted by atomic mass is 10.2.